The van der Waals surface area contributed by atoms with Gasteiger partial charge in [0.25, 0.3) is 0 Å². The first-order chi connectivity index (χ1) is 8.70. The van der Waals surface area contributed by atoms with Crippen LogP contribution in [0.15, 0.2) is 35.7 Å². The molecule has 2 rings (SSSR count). The second-order valence-electron chi connectivity index (χ2n) is 3.61. The third kappa shape index (κ3) is 2.81. The van der Waals surface area contributed by atoms with E-state index in [9.17, 15) is 4.79 Å². The van der Waals surface area contributed by atoms with Crippen LogP contribution in [0.5, 0.6) is 5.75 Å². The summed E-state index contributed by atoms with van der Waals surface area (Å²) in [5.41, 5.74) is 6.47. The smallest absolute Gasteiger partial charge is 0.340 e. The van der Waals surface area contributed by atoms with E-state index in [0.29, 0.717) is 17.0 Å². The van der Waals surface area contributed by atoms with Crippen LogP contribution in [0.2, 0.25) is 0 Å². The molecule has 4 nitrogen and oxygen atoms in total. The number of anilines is 1. The molecular formula is C13H13NO3S. The minimum absolute atomic E-state index is 0.266. The fourth-order valence-corrected chi connectivity index (χ4v) is 2.08. The van der Waals surface area contributed by atoms with E-state index in [1.54, 1.807) is 36.6 Å². The van der Waals surface area contributed by atoms with Crippen molar-refractivity contribution in [1.29, 1.82) is 0 Å². The van der Waals surface area contributed by atoms with E-state index >= 15 is 0 Å². The van der Waals surface area contributed by atoms with Crippen LogP contribution >= 0.6 is 11.3 Å². The minimum atomic E-state index is -0.427. The maximum atomic E-state index is 11.8. The van der Waals surface area contributed by atoms with Crippen molar-refractivity contribution >= 4 is 23.0 Å². The summed E-state index contributed by atoms with van der Waals surface area (Å²) in [6, 6.07) is 8.70. The van der Waals surface area contributed by atoms with Gasteiger partial charge in [-0.05, 0) is 23.6 Å². The summed E-state index contributed by atoms with van der Waals surface area (Å²) < 4.78 is 10.2. The highest BCUT2D eigenvalue weighted by atomic mass is 32.1. The first-order valence-electron chi connectivity index (χ1n) is 5.33. The van der Waals surface area contributed by atoms with Gasteiger partial charge in [0.2, 0.25) is 0 Å². The molecule has 0 fully saturated rings. The van der Waals surface area contributed by atoms with Crippen molar-refractivity contribution in [2.75, 3.05) is 12.8 Å². The number of esters is 1. The van der Waals surface area contributed by atoms with Crippen molar-refractivity contribution in [3.63, 3.8) is 0 Å². The van der Waals surface area contributed by atoms with E-state index in [-0.39, 0.29) is 6.61 Å². The number of benzene rings is 1. The van der Waals surface area contributed by atoms with Crippen molar-refractivity contribution < 1.29 is 14.3 Å². The molecule has 94 valence electrons. The van der Waals surface area contributed by atoms with E-state index in [4.69, 9.17) is 15.2 Å². The molecule has 0 atom stereocenters. The topological polar surface area (TPSA) is 61.5 Å². The van der Waals surface area contributed by atoms with Crippen LogP contribution in [-0.2, 0) is 11.3 Å². The SMILES string of the molecule is COc1ccc(C(=O)OCc2cccs2)c(N)c1. The standard InChI is InChI=1S/C13H13NO3S/c1-16-9-4-5-11(12(14)7-9)13(15)17-8-10-3-2-6-18-10/h2-7H,8,14H2,1H3. The second kappa shape index (κ2) is 5.55. The Bertz CT molecular complexity index is 537. The molecule has 1 aromatic carbocycles. The molecule has 0 saturated carbocycles. The normalized spacial score (nSPS) is 10.1. The Kier molecular flexibility index (Phi) is 3.84. The summed E-state index contributed by atoms with van der Waals surface area (Å²) in [4.78, 5) is 12.8. The van der Waals surface area contributed by atoms with Crippen LogP contribution < -0.4 is 10.5 Å². The van der Waals surface area contributed by atoms with Gasteiger partial charge in [0.15, 0.2) is 0 Å². The summed E-state index contributed by atoms with van der Waals surface area (Å²) in [6.45, 7) is 0.266. The lowest BCUT2D eigenvalue weighted by Gasteiger charge is -2.07. The zero-order valence-electron chi connectivity index (χ0n) is 9.88. The van der Waals surface area contributed by atoms with Gasteiger partial charge in [0.05, 0.1) is 12.7 Å². The lowest BCUT2D eigenvalue weighted by atomic mass is 10.2. The monoisotopic (exact) mass is 263 g/mol. The molecule has 2 aromatic rings. The molecule has 18 heavy (non-hydrogen) atoms. The molecule has 5 heteroatoms. The first-order valence-corrected chi connectivity index (χ1v) is 6.21. The largest absolute Gasteiger partial charge is 0.497 e. The van der Waals surface area contributed by atoms with Gasteiger partial charge in [-0.2, -0.15) is 0 Å². The van der Waals surface area contributed by atoms with Gasteiger partial charge >= 0.3 is 5.97 Å². The molecule has 0 unspecified atom stereocenters. The van der Waals surface area contributed by atoms with Crippen LogP contribution in [0.4, 0.5) is 5.69 Å². The first kappa shape index (κ1) is 12.4. The van der Waals surface area contributed by atoms with Crippen molar-refractivity contribution in [1.82, 2.24) is 0 Å². The van der Waals surface area contributed by atoms with Gasteiger partial charge in [-0.1, -0.05) is 6.07 Å². The molecule has 2 N–H and O–H groups in total. The molecular weight excluding hydrogens is 250 g/mol. The maximum Gasteiger partial charge on any atom is 0.340 e. The van der Waals surface area contributed by atoms with Gasteiger partial charge < -0.3 is 15.2 Å². The molecule has 0 aliphatic rings. The third-order valence-corrected chi connectivity index (χ3v) is 3.25. The number of rotatable bonds is 4. The molecule has 0 spiro atoms. The van der Waals surface area contributed by atoms with Crippen LogP contribution in [0.3, 0.4) is 0 Å². The number of thiophene rings is 1. The quantitative estimate of drug-likeness (QED) is 0.680. The summed E-state index contributed by atoms with van der Waals surface area (Å²) in [6.07, 6.45) is 0. The van der Waals surface area contributed by atoms with Crippen LogP contribution in [0.25, 0.3) is 0 Å². The average molecular weight is 263 g/mol. The Hall–Kier alpha value is -2.01. The zero-order chi connectivity index (χ0) is 13.0. The summed E-state index contributed by atoms with van der Waals surface area (Å²) in [7, 11) is 1.55. The average Bonchev–Trinajstić information content (AvgIpc) is 2.88. The summed E-state index contributed by atoms with van der Waals surface area (Å²) in [5.74, 6) is 0.186. The van der Waals surface area contributed by atoms with Crippen LogP contribution in [0, 0.1) is 0 Å². The van der Waals surface area contributed by atoms with Crippen LogP contribution in [0.1, 0.15) is 15.2 Å². The zero-order valence-corrected chi connectivity index (χ0v) is 10.7. The highest BCUT2D eigenvalue weighted by Crippen LogP contribution is 2.21. The molecule has 0 saturated heterocycles. The number of carbonyl (C=O) groups excluding carboxylic acids is 1. The molecule has 1 heterocycles. The Morgan fingerprint density at radius 3 is 2.83 bits per heavy atom. The number of nitrogens with two attached hydrogens (primary N) is 1. The van der Waals surface area contributed by atoms with Gasteiger partial charge in [-0.25, -0.2) is 4.79 Å². The van der Waals surface area contributed by atoms with Gasteiger partial charge in [0, 0.05) is 16.6 Å². The predicted octanol–water partition coefficient (Wildman–Crippen LogP) is 2.70. The number of nitrogen functional groups attached to an aromatic ring is 1. The fourth-order valence-electron chi connectivity index (χ4n) is 1.46. The number of hydrogen-bond donors (Lipinski definition) is 1. The molecule has 0 radical (unpaired) electrons. The Labute approximate surface area is 109 Å². The van der Waals surface area contributed by atoms with E-state index in [1.807, 2.05) is 17.5 Å². The van der Waals surface area contributed by atoms with Gasteiger partial charge in [-0.3, -0.25) is 0 Å². The molecule has 0 aliphatic carbocycles. The van der Waals surface area contributed by atoms with E-state index in [0.717, 1.165) is 4.88 Å². The summed E-state index contributed by atoms with van der Waals surface area (Å²) >= 11 is 1.54. The lowest BCUT2D eigenvalue weighted by Crippen LogP contribution is -2.08. The number of ether oxygens (including phenoxy) is 2. The minimum Gasteiger partial charge on any atom is -0.497 e. The fraction of sp³-hybridized carbons (Fsp3) is 0.154. The Morgan fingerprint density at radius 2 is 2.22 bits per heavy atom. The summed E-state index contributed by atoms with van der Waals surface area (Å²) in [5, 5.41) is 1.94. The van der Waals surface area contributed by atoms with Crippen molar-refractivity contribution in [3.8, 4) is 5.75 Å². The third-order valence-electron chi connectivity index (χ3n) is 2.40. The maximum absolute atomic E-state index is 11.8. The molecule has 0 bridgehead atoms. The number of methoxy groups -OCH3 is 1. The Balaban J connectivity index is 2.04. The van der Waals surface area contributed by atoms with E-state index in [1.165, 1.54) is 0 Å². The number of hydrogen-bond acceptors (Lipinski definition) is 5. The number of carbonyl (C=O) groups is 1. The molecule has 0 amide bonds. The highest BCUT2D eigenvalue weighted by Gasteiger charge is 2.12. The van der Waals surface area contributed by atoms with Crippen LogP contribution in [-0.4, -0.2) is 13.1 Å². The van der Waals surface area contributed by atoms with E-state index in [2.05, 4.69) is 0 Å². The highest BCUT2D eigenvalue weighted by molar-refractivity contribution is 7.09. The van der Waals surface area contributed by atoms with Crippen molar-refractivity contribution in [2.45, 2.75) is 6.61 Å². The van der Waals surface area contributed by atoms with E-state index < -0.39 is 5.97 Å². The second-order valence-corrected chi connectivity index (χ2v) is 4.64. The predicted molar refractivity (Wildman–Crippen MR) is 70.8 cm³/mol. The lowest BCUT2D eigenvalue weighted by molar-refractivity contribution is 0.0478. The molecule has 0 aliphatic heterocycles. The van der Waals surface area contributed by atoms with Gasteiger partial charge in [-0.15, -0.1) is 11.3 Å². The van der Waals surface area contributed by atoms with Crippen molar-refractivity contribution in [2.24, 2.45) is 0 Å². The van der Waals surface area contributed by atoms with Crippen molar-refractivity contribution in [3.05, 3.63) is 46.2 Å². The van der Waals surface area contributed by atoms with Gasteiger partial charge in [0.1, 0.15) is 12.4 Å². The Morgan fingerprint density at radius 1 is 1.39 bits per heavy atom. The molecule has 1 aromatic heterocycles.